The predicted molar refractivity (Wildman–Crippen MR) is 41.2 cm³/mol. The van der Waals surface area contributed by atoms with Crippen LogP contribution in [0.3, 0.4) is 0 Å². The minimum absolute atomic E-state index is 0.703. The summed E-state index contributed by atoms with van der Waals surface area (Å²) in [6.07, 6.45) is 0. The van der Waals surface area contributed by atoms with Crippen molar-refractivity contribution in [3.05, 3.63) is 0 Å². The van der Waals surface area contributed by atoms with E-state index in [4.69, 9.17) is 24.4 Å². The van der Waals surface area contributed by atoms with Gasteiger partial charge in [-0.25, -0.2) is 0 Å². The zero-order chi connectivity index (χ0) is 5.98. The molecular formula is C4H6N2S2. The molecule has 1 heterocycles. The molecule has 1 aliphatic rings. The average Bonchev–Trinajstić information content (AvgIpc) is 1.77. The van der Waals surface area contributed by atoms with E-state index in [9.17, 15) is 0 Å². The van der Waals surface area contributed by atoms with E-state index in [1.54, 1.807) is 0 Å². The molecular weight excluding hydrogens is 140 g/mol. The van der Waals surface area contributed by atoms with Gasteiger partial charge in [0.05, 0.1) is 23.1 Å². The van der Waals surface area contributed by atoms with Crippen molar-refractivity contribution in [1.82, 2.24) is 10.6 Å². The third kappa shape index (κ3) is 1.38. The summed E-state index contributed by atoms with van der Waals surface area (Å²) < 4.78 is 0. The number of hydrogen-bond donors (Lipinski definition) is 2. The van der Waals surface area contributed by atoms with Gasteiger partial charge in [-0.05, 0) is 0 Å². The van der Waals surface area contributed by atoms with Gasteiger partial charge in [0.2, 0.25) is 0 Å². The minimum Gasteiger partial charge on any atom is -0.372 e. The normalized spacial score (nSPS) is 19.5. The molecule has 0 radical (unpaired) electrons. The van der Waals surface area contributed by atoms with Gasteiger partial charge >= 0.3 is 0 Å². The third-order valence-corrected chi connectivity index (χ3v) is 1.47. The smallest absolute Gasteiger partial charge is 0.0951 e. The maximum absolute atomic E-state index is 4.83. The van der Waals surface area contributed by atoms with Crippen LogP contribution >= 0.6 is 24.4 Å². The Morgan fingerprint density at radius 2 is 1.38 bits per heavy atom. The number of nitrogens with one attached hydrogen (secondary N) is 2. The number of rotatable bonds is 0. The highest BCUT2D eigenvalue weighted by atomic mass is 32.1. The Morgan fingerprint density at radius 1 is 1.00 bits per heavy atom. The molecule has 0 aliphatic carbocycles. The molecule has 0 aromatic carbocycles. The Bertz CT molecular complexity index is 104. The van der Waals surface area contributed by atoms with Crippen molar-refractivity contribution in [2.45, 2.75) is 0 Å². The fourth-order valence-electron chi connectivity index (χ4n) is 0.483. The molecule has 0 bridgehead atoms. The van der Waals surface area contributed by atoms with Crippen LogP contribution in [-0.2, 0) is 0 Å². The lowest BCUT2D eigenvalue weighted by molar-refractivity contribution is 0.931. The van der Waals surface area contributed by atoms with Crippen molar-refractivity contribution in [3.63, 3.8) is 0 Å². The van der Waals surface area contributed by atoms with Crippen LogP contribution in [-0.4, -0.2) is 23.1 Å². The highest BCUT2D eigenvalue weighted by Gasteiger charge is 2.04. The lowest BCUT2D eigenvalue weighted by Crippen LogP contribution is -2.46. The van der Waals surface area contributed by atoms with Crippen LogP contribution in [0.5, 0.6) is 0 Å². The van der Waals surface area contributed by atoms with E-state index in [0.29, 0.717) is 13.1 Å². The molecule has 0 atom stereocenters. The first-order chi connectivity index (χ1) is 3.79. The Labute approximate surface area is 58.6 Å². The van der Waals surface area contributed by atoms with Crippen molar-refractivity contribution < 1.29 is 0 Å². The molecule has 0 spiro atoms. The summed E-state index contributed by atoms with van der Waals surface area (Å²) in [7, 11) is 0. The van der Waals surface area contributed by atoms with Gasteiger partial charge in [0.25, 0.3) is 0 Å². The van der Waals surface area contributed by atoms with E-state index in [0.717, 1.165) is 9.98 Å². The van der Waals surface area contributed by atoms with Crippen LogP contribution < -0.4 is 10.6 Å². The Hall–Kier alpha value is -0.220. The molecule has 44 valence electrons. The van der Waals surface area contributed by atoms with Gasteiger partial charge in [0.15, 0.2) is 0 Å². The highest BCUT2D eigenvalue weighted by molar-refractivity contribution is 7.81. The van der Waals surface area contributed by atoms with E-state index < -0.39 is 0 Å². The molecule has 4 heteroatoms. The fraction of sp³-hybridized carbons (Fsp3) is 0.500. The van der Waals surface area contributed by atoms with E-state index in [-0.39, 0.29) is 0 Å². The molecule has 0 saturated carbocycles. The molecule has 0 unspecified atom stereocenters. The molecule has 1 rings (SSSR count). The molecule has 1 aliphatic heterocycles. The Balaban J connectivity index is 2.40. The zero-order valence-corrected chi connectivity index (χ0v) is 5.86. The lowest BCUT2D eigenvalue weighted by atomic mass is 10.4. The molecule has 0 aromatic rings. The maximum atomic E-state index is 4.83. The monoisotopic (exact) mass is 146 g/mol. The highest BCUT2D eigenvalue weighted by Crippen LogP contribution is 1.79. The van der Waals surface area contributed by atoms with Gasteiger partial charge in [-0.15, -0.1) is 0 Å². The zero-order valence-electron chi connectivity index (χ0n) is 4.23. The molecule has 1 fully saturated rings. The first kappa shape index (κ1) is 5.91. The maximum Gasteiger partial charge on any atom is 0.0951 e. The summed E-state index contributed by atoms with van der Waals surface area (Å²) in [5, 5.41) is 5.92. The van der Waals surface area contributed by atoms with Crippen LogP contribution in [0.2, 0.25) is 0 Å². The summed E-state index contributed by atoms with van der Waals surface area (Å²) in [4.78, 5) is 1.69. The molecule has 2 nitrogen and oxygen atoms in total. The lowest BCUT2D eigenvalue weighted by Gasteiger charge is -2.16. The van der Waals surface area contributed by atoms with Gasteiger partial charge in [0, 0.05) is 0 Å². The van der Waals surface area contributed by atoms with Crippen LogP contribution in [0.25, 0.3) is 0 Å². The molecule has 8 heavy (non-hydrogen) atoms. The van der Waals surface area contributed by atoms with Gasteiger partial charge < -0.3 is 10.6 Å². The van der Waals surface area contributed by atoms with Crippen LogP contribution in [0.15, 0.2) is 0 Å². The van der Waals surface area contributed by atoms with Gasteiger partial charge in [-0.3, -0.25) is 0 Å². The van der Waals surface area contributed by atoms with E-state index >= 15 is 0 Å². The summed E-state index contributed by atoms with van der Waals surface area (Å²) in [6, 6.07) is 0. The largest absolute Gasteiger partial charge is 0.372 e. The summed E-state index contributed by atoms with van der Waals surface area (Å²) in [6.45, 7) is 1.41. The van der Waals surface area contributed by atoms with E-state index in [1.165, 1.54) is 0 Å². The summed E-state index contributed by atoms with van der Waals surface area (Å²) in [5.41, 5.74) is 0. The Kier molecular flexibility index (Phi) is 1.75. The van der Waals surface area contributed by atoms with Crippen molar-refractivity contribution in [3.8, 4) is 0 Å². The van der Waals surface area contributed by atoms with Crippen LogP contribution in [0.4, 0.5) is 0 Å². The standard InChI is InChI=1S/C4H6N2S2/c7-3-1-5-4(8)2-6-3/h1-2H2,(H,5,8)(H,6,7). The van der Waals surface area contributed by atoms with Crippen molar-refractivity contribution in [2.75, 3.05) is 13.1 Å². The van der Waals surface area contributed by atoms with E-state index in [1.807, 2.05) is 0 Å². The summed E-state index contributed by atoms with van der Waals surface area (Å²) in [5.74, 6) is 0. The first-order valence-corrected chi connectivity index (χ1v) is 3.14. The van der Waals surface area contributed by atoms with Gasteiger partial charge in [0.1, 0.15) is 0 Å². The average molecular weight is 146 g/mol. The fourth-order valence-corrected chi connectivity index (χ4v) is 0.771. The first-order valence-electron chi connectivity index (χ1n) is 2.32. The molecule has 1 saturated heterocycles. The predicted octanol–water partition coefficient (Wildman–Crippen LogP) is -0.166. The topological polar surface area (TPSA) is 24.1 Å². The van der Waals surface area contributed by atoms with Crippen molar-refractivity contribution in [1.29, 1.82) is 0 Å². The minimum atomic E-state index is 0.703. The number of hydrogen-bond acceptors (Lipinski definition) is 2. The molecule has 0 amide bonds. The van der Waals surface area contributed by atoms with Crippen LogP contribution in [0.1, 0.15) is 0 Å². The second-order valence-electron chi connectivity index (χ2n) is 1.55. The second-order valence-corrected chi connectivity index (χ2v) is 2.54. The third-order valence-electron chi connectivity index (χ3n) is 0.892. The summed E-state index contributed by atoms with van der Waals surface area (Å²) >= 11 is 9.65. The Morgan fingerprint density at radius 3 is 1.62 bits per heavy atom. The van der Waals surface area contributed by atoms with Crippen LogP contribution in [0, 0.1) is 0 Å². The second kappa shape index (κ2) is 2.37. The van der Waals surface area contributed by atoms with Crippen molar-refractivity contribution >= 4 is 34.4 Å². The van der Waals surface area contributed by atoms with Gasteiger partial charge in [-0.1, -0.05) is 24.4 Å². The molecule has 2 N–H and O–H groups in total. The van der Waals surface area contributed by atoms with E-state index in [2.05, 4.69) is 10.6 Å². The number of thiocarbonyl (C=S) groups is 2. The SMILES string of the molecule is S=C1CNC(=S)CN1. The molecule has 0 aromatic heterocycles. The number of piperazine rings is 1. The quantitative estimate of drug-likeness (QED) is 0.464. The van der Waals surface area contributed by atoms with Crippen molar-refractivity contribution in [2.24, 2.45) is 0 Å². The van der Waals surface area contributed by atoms with Gasteiger partial charge in [-0.2, -0.15) is 0 Å².